The third kappa shape index (κ3) is 9.34. The Bertz CT molecular complexity index is 1090. The van der Waals surface area contributed by atoms with E-state index in [0.717, 1.165) is 72.6 Å². The molecule has 0 saturated heterocycles. The molecule has 2 fully saturated rings. The summed E-state index contributed by atoms with van der Waals surface area (Å²) in [5.74, 6) is 0.542. The summed E-state index contributed by atoms with van der Waals surface area (Å²) in [5.41, 5.74) is 4.78. The second kappa shape index (κ2) is 15.1. The minimum atomic E-state index is 0.203. The third-order valence-corrected chi connectivity index (χ3v) is 5.94. The van der Waals surface area contributed by atoms with Crippen molar-refractivity contribution in [2.45, 2.75) is 44.9 Å². The summed E-state index contributed by atoms with van der Waals surface area (Å²) in [5, 5.41) is 0. The molecule has 0 amide bonds. The molecular weight excluding hydrogens is 444 g/mol. The van der Waals surface area contributed by atoms with E-state index in [1.807, 2.05) is 91.0 Å². The Morgan fingerprint density at radius 3 is 1.36 bits per heavy atom. The van der Waals surface area contributed by atoms with E-state index in [9.17, 15) is 14.4 Å². The summed E-state index contributed by atoms with van der Waals surface area (Å²) in [6, 6.07) is 29.2. The zero-order chi connectivity index (χ0) is 25.4. The Labute approximate surface area is 214 Å². The Kier molecular flexibility index (Phi) is 11.2. The van der Waals surface area contributed by atoms with Crippen molar-refractivity contribution >= 4 is 30.0 Å². The van der Waals surface area contributed by atoms with Gasteiger partial charge in [-0.05, 0) is 55.4 Å². The van der Waals surface area contributed by atoms with Crippen LogP contribution >= 0.6 is 0 Å². The van der Waals surface area contributed by atoms with Crippen LogP contribution in [0, 0.1) is 6.42 Å². The van der Waals surface area contributed by atoms with Gasteiger partial charge in [-0.3, -0.25) is 9.59 Å². The molecule has 0 atom stereocenters. The Morgan fingerprint density at radius 1 is 0.556 bits per heavy atom. The monoisotopic (exact) mass is 477 g/mol. The van der Waals surface area contributed by atoms with E-state index < -0.39 is 0 Å². The third-order valence-electron chi connectivity index (χ3n) is 5.94. The molecule has 3 nitrogen and oxygen atoms in total. The lowest BCUT2D eigenvalue weighted by Gasteiger charge is -2.16. The van der Waals surface area contributed by atoms with E-state index in [4.69, 9.17) is 0 Å². The molecule has 2 aliphatic carbocycles. The normalized spacial score (nSPS) is 17.2. The average molecular weight is 478 g/mol. The second-order valence-electron chi connectivity index (χ2n) is 8.79. The minimum absolute atomic E-state index is 0.203. The molecule has 2 aliphatic rings. The maximum atomic E-state index is 12.6. The highest BCUT2D eigenvalue weighted by Crippen LogP contribution is 2.28. The van der Waals surface area contributed by atoms with Crippen molar-refractivity contribution in [3.05, 3.63) is 125 Å². The summed E-state index contributed by atoms with van der Waals surface area (Å²) in [7, 11) is 0. The van der Waals surface area contributed by atoms with E-state index in [0.29, 0.717) is 5.78 Å². The fourth-order valence-corrected chi connectivity index (χ4v) is 4.02. The molecule has 0 spiro atoms. The van der Waals surface area contributed by atoms with Crippen LogP contribution in [0.4, 0.5) is 0 Å². The molecule has 36 heavy (non-hydrogen) atoms. The van der Waals surface area contributed by atoms with Crippen LogP contribution in [0.3, 0.4) is 0 Å². The van der Waals surface area contributed by atoms with Crippen LogP contribution in [0.2, 0.25) is 0 Å². The van der Waals surface area contributed by atoms with Gasteiger partial charge in [-0.1, -0.05) is 91.0 Å². The molecule has 3 heteroatoms. The van der Waals surface area contributed by atoms with Gasteiger partial charge in [0.1, 0.15) is 12.7 Å². The molecule has 0 radical (unpaired) electrons. The topological polar surface area (TPSA) is 51.2 Å². The van der Waals surface area contributed by atoms with Gasteiger partial charge in [0.25, 0.3) is 0 Å². The Hall–Kier alpha value is -3.98. The number of ketones is 2. The number of carbonyl (C=O) groups is 3. The number of benzene rings is 3. The fourth-order valence-electron chi connectivity index (χ4n) is 4.02. The van der Waals surface area contributed by atoms with Crippen molar-refractivity contribution in [1.82, 2.24) is 0 Å². The Balaban J connectivity index is 0.000000196. The van der Waals surface area contributed by atoms with Gasteiger partial charge >= 0.3 is 5.78 Å². The molecule has 2 saturated carbocycles. The van der Waals surface area contributed by atoms with E-state index >= 15 is 0 Å². The molecule has 5 rings (SSSR count). The number of hydrogen-bond donors (Lipinski definition) is 0. The molecule has 0 aromatic heterocycles. The number of Topliss-reactive ketones (excluding diaryl/α,β-unsaturated/α-hetero) is 2. The van der Waals surface area contributed by atoms with Crippen LogP contribution in [0.5, 0.6) is 0 Å². The fraction of sp³-hybridized carbons (Fsp3) is 0.212. The molecule has 3 aromatic rings. The van der Waals surface area contributed by atoms with E-state index in [2.05, 4.69) is 0 Å². The van der Waals surface area contributed by atoms with Crippen LogP contribution in [-0.2, 0) is 9.59 Å². The number of allylic oxidation sites excluding steroid dienone is 2. The standard InChI is InChI=1S/C20H18O.C7H6O.C6H9O/c21-20-18(14-16-8-3-1-4-9-16)12-7-13-19(20)15-17-10-5-2-6-11-17;8-6-7-4-2-1-3-5-7;7-6-4-2-1-3-5-6/h1-6,8-11,14-15H,7,12-13H2;1-6H;4H,1-3,5H2/q;;+1/b18-14+,19-15+;;. The van der Waals surface area contributed by atoms with Crippen molar-refractivity contribution in [3.8, 4) is 0 Å². The summed E-state index contributed by atoms with van der Waals surface area (Å²) >= 11 is 0. The van der Waals surface area contributed by atoms with E-state index in [1.165, 1.54) is 6.42 Å². The van der Waals surface area contributed by atoms with Crippen LogP contribution in [0.15, 0.2) is 102 Å². The van der Waals surface area contributed by atoms with Gasteiger partial charge in [-0.25, -0.2) is 4.79 Å². The molecule has 3 aromatic carbocycles. The molecule has 0 heterocycles. The lowest BCUT2D eigenvalue weighted by Crippen LogP contribution is -2.12. The van der Waals surface area contributed by atoms with Crippen LogP contribution in [0.25, 0.3) is 12.2 Å². The quantitative estimate of drug-likeness (QED) is 0.220. The van der Waals surface area contributed by atoms with Crippen LogP contribution in [0.1, 0.15) is 66.4 Å². The van der Waals surface area contributed by atoms with Crippen molar-refractivity contribution < 1.29 is 14.4 Å². The lowest BCUT2D eigenvalue weighted by molar-refractivity contribution is -0.117. The van der Waals surface area contributed by atoms with Crippen LogP contribution in [-0.4, -0.2) is 17.9 Å². The highest BCUT2D eigenvalue weighted by molar-refractivity contribution is 6.13. The summed E-state index contributed by atoms with van der Waals surface area (Å²) in [4.78, 5) is 33.0. The number of carbonyl (C=O) groups excluding carboxylic acids is 3. The van der Waals surface area contributed by atoms with E-state index in [-0.39, 0.29) is 5.78 Å². The molecule has 182 valence electrons. The maximum Gasteiger partial charge on any atom is 0.306 e. The average Bonchev–Trinajstić information content (AvgIpc) is 2.94. The SMILES string of the molecule is O=C1/C(=C/c2ccccc2)CCC/C1=C\c1ccccc1.O=C1[CH+]CCCC1.O=Cc1ccccc1. The largest absolute Gasteiger partial charge is 0.306 e. The van der Waals surface area contributed by atoms with Gasteiger partial charge in [0.2, 0.25) is 0 Å². The highest BCUT2D eigenvalue weighted by atomic mass is 16.1. The summed E-state index contributed by atoms with van der Waals surface area (Å²) < 4.78 is 0. The van der Waals surface area contributed by atoms with Gasteiger partial charge in [-0.15, -0.1) is 0 Å². The van der Waals surface area contributed by atoms with Crippen LogP contribution < -0.4 is 0 Å². The lowest BCUT2D eigenvalue weighted by atomic mass is 9.87. The van der Waals surface area contributed by atoms with E-state index in [1.54, 1.807) is 18.6 Å². The first kappa shape index (κ1) is 26.6. The zero-order valence-electron chi connectivity index (χ0n) is 20.6. The van der Waals surface area contributed by atoms with Gasteiger partial charge in [0, 0.05) is 16.7 Å². The Morgan fingerprint density at radius 2 is 1.03 bits per heavy atom. The van der Waals surface area contributed by atoms with Gasteiger partial charge in [-0.2, -0.15) is 0 Å². The van der Waals surface area contributed by atoms with Gasteiger partial charge in [0.05, 0.1) is 12.8 Å². The summed E-state index contributed by atoms with van der Waals surface area (Å²) in [6.45, 7) is 0. The van der Waals surface area contributed by atoms with Gasteiger partial charge in [0.15, 0.2) is 5.78 Å². The van der Waals surface area contributed by atoms with Crippen molar-refractivity contribution in [3.63, 3.8) is 0 Å². The van der Waals surface area contributed by atoms with Gasteiger partial charge < -0.3 is 0 Å². The molecule has 0 aliphatic heterocycles. The van der Waals surface area contributed by atoms with Crippen molar-refractivity contribution in [2.75, 3.05) is 0 Å². The molecule has 0 N–H and O–H groups in total. The zero-order valence-corrected chi connectivity index (χ0v) is 20.6. The molecule has 0 unspecified atom stereocenters. The maximum absolute atomic E-state index is 12.6. The van der Waals surface area contributed by atoms with Crippen molar-refractivity contribution in [2.24, 2.45) is 0 Å². The first-order chi connectivity index (χ1) is 17.7. The number of rotatable bonds is 3. The first-order valence-corrected chi connectivity index (χ1v) is 12.6. The summed E-state index contributed by atoms with van der Waals surface area (Å²) in [6.07, 6.45) is 13.6. The molecule has 0 bridgehead atoms. The smallest absolute Gasteiger partial charge is 0.298 e. The number of aldehydes is 1. The predicted octanol–water partition coefficient (Wildman–Crippen LogP) is 7.74. The second-order valence-corrected chi connectivity index (χ2v) is 8.79. The first-order valence-electron chi connectivity index (χ1n) is 12.6. The highest BCUT2D eigenvalue weighted by Gasteiger charge is 2.20. The minimum Gasteiger partial charge on any atom is -0.298 e. The predicted molar refractivity (Wildman–Crippen MR) is 147 cm³/mol. The van der Waals surface area contributed by atoms with Crippen molar-refractivity contribution in [1.29, 1.82) is 0 Å². The molecular formula is C33H33O3+. The number of hydrogen-bond acceptors (Lipinski definition) is 3.